The third kappa shape index (κ3) is 3.22. The third-order valence-electron chi connectivity index (χ3n) is 3.16. The maximum Gasteiger partial charge on any atom is 0.163 e. The Morgan fingerprint density at radius 3 is 2.53 bits per heavy atom. The van der Waals surface area contributed by atoms with Gasteiger partial charge in [0.05, 0.1) is 5.56 Å². The molecule has 0 unspecified atom stereocenters. The van der Waals surface area contributed by atoms with Gasteiger partial charge in [-0.2, -0.15) is 0 Å². The maximum atomic E-state index is 11.6. The minimum Gasteiger partial charge on any atom is -0.488 e. The van der Waals surface area contributed by atoms with Crippen LogP contribution in [0.15, 0.2) is 42.5 Å². The highest BCUT2D eigenvalue weighted by molar-refractivity contribution is 5.96. The Hall–Kier alpha value is -2.09. The van der Waals surface area contributed by atoms with E-state index in [1.165, 1.54) is 5.56 Å². The summed E-state index contributed by atoms with van der Waals surface area (Å²) in [4.78, 5) is 11.6. The zero-order valence-corrected chi connectivity index (χ0v) is 11.6. The van der Waals surface area contributed by atoms with Crippen LogP contribution in [0.3, 0.4) is 0 Å². The molecule has 0 atom stereocenters. The lowest BCUT2D eigenvalue weighted by atomic mass is 10.1. The molecule has 19 heavy (non-hydrogen) atoms. The van der Waals surface area contributed by atoms with E-state index in [1.54, 1.807) is 6.92 Å². The van der Waals surface area contributed by atoms with Crippen LogP contribution in [0.5, 0.6) is 5.75 Å². The van der Waals surface area contributed by atoms with Crippen molar-refractivity contribution in [1.82, 2.24) is 0 Å². The monoisotopic (exact) mass is 254 g/mol. The van der Waals surface area contributed by atoms with Crippen molar-refractivity contribution in [2.24, 2.45) is 0 Å². The van der Waals surface area contributed by atoms with Crippen molar-refractivity contribution in [3.05, 3.63) is 64.7 Å². The minimum atomic E-state index is 0.0276. The van der Waals surface area contributed by atoms with E-state index in [-0.39, 0.29) is 5.78 Å². The van der Waals surface area contributed by atoms with Crippen molar-refractivity contribution in [3.63, 3.8) is 0 Å². The highest BCUT2D eigenvalue weighted by atomic mass is 16.5. The second-order valence-corrected chi connectivity index (χ2v) is 4.77. The summed E-state index contributed by atoms with van der Waals surface area (Å²) in [7, 11) is 0. The molecule has 0 radical (unpaired) electrons. The van der Waals surface area contributed by atoms with Gasteiger partial charge in [0.2, 0.25) is 0 Å². The van der Waals surface area contributed by atoms with Crippen LogP contribution in [0.25, 0.3) is 0 Å². The van der Waals surface area contributed by atoms with E-state index in [0.29, 0.717) is 17.9 Å². The largest absolute Gasteiger partial charge is 0.488 e. The quantitative estimate of drug-likeness (QED) is 0.768. The molecule has 2 aromatic rings. The SMILES string of the molecule is CC(=O)c1ccc(C)cc1OCc1ccccc1C. The van der Waals surface area contributed by atoms with Crippen molar-refractivity contribution >= 4 is 5.78 Å². The van der Waals surface area contributed by atoms with Gasteiger partial charge in [-0.15, -0.1) is 0 Å². The second-order valence-electron chi connectivity index (χ2n) is 4.77. The Balaban J connectivity index is 2.22. The van der Waals surface area contributed by atoms with Gasteiger partial charge in [-0.05, 0) is 49.6 Å². The molecule has 0 saturated carbocycles. The van der Waals surface area contributed by atoms with Crippen molar-refractivity contribution in [1.29, 1.82) is 0 Å². The van der Waals surface area contributed by atoms with Gasteiger partial charge >= 0.3 is 0 Å². The third-order valence-corrected chi connectivity index (χ3v) is 3.16. The molecule has 0 bridgehead atoms. The van der Waals surface area contributed by atoms with Gasteiger partial charge in [0.15, 0.2) is 5.78 Å². The Kier molecular flexibility index (Phi) is 4.00. The summed E-state index contributed by atoms with van der Waals surface area (Å²) in [6, 6.07) is 13.8. The van der Waals surface area contributed by atoms with Crippen molar-refractivity contribution in [2.45, 2.75) is 27.4 Å². The molecule has 2 heteroatoms. The number of Topliss-reactive ketones (excluding diaryl/α,β-unsaturated/α-hetero) is 1. The van der Waals surface area contributed by atoms with Crippen LogP contribution in [0.2, 0.25) is 0 Å². The maximum absolute atomic E-state index is 11.6. The van der Waals surface area contributed by atoms with Crippen molar-refractivity contribution in [3.8, 4) is 5.75 Å². The molecule has 98 valence electrons. The first-order valence-corrected chi connectivity index (χ1v) is 6.37. The van der Waals surface area contributed by atoms with E-state index in [2.05, 4.69) is 13.0 Å². The first kappa shape index (κ1) is 13.3. The number of aryl methyl sites for hydroxylation is 2. The average molecular weight is 254 g/mol. The molecule has 0 aliphatic rings. The summed E-state index contributed by atoms with van der Waals surface area (Å²) < 4.78 is 5.83. The van der Waals surface area contributed by atoms with Crippen molar-refractivity contribution in [2.75, 3.05) is 0 Å². The summed E-state index contributed by atoms with van der Waals surface area (Å²) in [5.41, 5.74) is 4.06. The number of ether oxygens (including phenoxy) is 1. The van der Waals surface area contributed by atoms with Crippen LogP contribution in [0, 0.1) is 13.8 Å². The van der Waals surface area contributed by atoms with Crippen LogP contribution in [0.1, 0.15) is 34.0 Å². The van der Waals surface area contributed by atoms with E-state index >= 15 is 0 Å². The first-order chi connectivity index (χ1) is 9.08. The van der Waals surface area contributed by atoms with E-state index in [0.717, 1.165) is 11.1 Å². The Morgan fingerprint density at radius 1 is 1.11 bits per heavy atom. The average Bonchev–Trinajstić information content (AvgIpc) is 2.37. The molecule has 0 spiro atoms. The number of rotatable bonds is 4. The molecule has 0 amide bonds. The fourth-order valence-electron chi connectivity index (χ4n) is 1.97. The summed E-state index contributed by atoms with van der Waals surface area (Å²) in [5, 5.41) is 0. The number of carbonyl (C=O) groups is 1. The van der Waals surface area contributed by atoms with Gasteiger partial charge in [0, 0.05) is 0 Å². The predicted molar refractivity (Wildman–Crippen MR) is 76.7 cm³/mol. The van der Waals surface area contributed by atoms with Crippen molar-refractivity contribution < 1.29 is 9.53 Å². The summed E-state index contributed by atoms with van der Waals surface area (Å²) in [6.45, 7) is 6.09. The summed E-state index contributed by atoms with van der Waals surface area (Å²) in [5.74, 6) is 0.690. The molecule has 0 aromatic heterocycles. The van der Waals surface area contributed by atoms with Gasteiger partial charge < -0.3 is 4.74 Å². The van der Waals surface area contributed by atoms with Crippen LogP contribution in [-0.2, 0) is 6.61 Å². The van der Waals surface area contributed by atoms with Gasteiger partial charge in [0.1, 0.15) is 12.4 Å². The highest BCUT2D eigenvalue weighted by Gasteiger charge is 2.09. The lowest BCUT2D eigenvalue weighted by Crippen LogP contribution is -2.03. The molecule has 0 fully saturated rings. The molecule has 0 N–H and O–H groups in total. The molecule has 0 aliphatic carbocycles. The highest BCUT2D eigenvalue weighted by Crippen LogP contribution is 2.22. The van der Waals surface area contributed by atoms with Gasteiger partial charge in [-0.3, -0.25) is 4.79 Å². The van der Waals surface area contributed by atoms with Gasteiger partial charge in [0.25, 0.3) is 0 Å². The number of hydrogen-bond acceptors (Lipinski definition) is 2. The fraction of sp³-hybridized carbons (Fsp3) is 0.235. The molecule has 2 rings (SSSR count). The Labute approximate surface area is 114 Å². The van der Waals surface area contributed by atoms with Crippen LogP contribution in [0.4, 0.5) is 0 Å². The number of ketones is 1. The van der Waals surface area contributed by atoms with Crippen LogP contribution < -0.4 is 4.74 Å². The summed E-state index contributed by atoms with van der Waals surface area (Å²) in [6.07, 6.45) is 0. The fourth-order valence-corrected chi connectivity index (χ4v) is 1.97. The smallest absolute Gasteiger partial charge is 0.163 e. The molecule has 2 aromatic carbocycles. The lowest BCUT2D eigenvalue weighted by molar-refractivity contribution is 0.101. The predicted octanol–water partition coefficient (Wildman–Crippen LogP) is 4.09. The normalized spacial score (nSPS) is 10.3. The number of carbonyl (C=O) groups excluding carboxylic acids is 1. The van der Waals surface area contributed by atoms with E-state index in [9.17, 15) is 4.79 Å². The first-order valence-electron chi connectivity index (χ1n) is 6.37. The second kappa shape index (κ2) is 5.70. The van der Waals surface area contributed by atoms with E-state index in [4.69, 9.17) is 4.74 Å². The van der Waals surface area contributed by atoms with Crippen LogP contribution >= 0.6 is 0 Å². The molecule has 0 heterocycles. The molecule has 2 nitrogen and oxygen atoms in total. The Morgan fingerprint density at radius 2 is 1.84 bits per heavy atom. The molecule has 0 aliphatic heterocycles. The topological polar surface area (TPSA) is 26.3 Å². The van der Waals surface area contributed by atoms with E-state index < -0.39 is 0 Å². The lowest BCUT2D eigenvalue weighted by Gasteiger charge is -2.12. The van der Waals surface area contributed by atoms with E-state index in [1.807, 2.05) is 43.3 Å². The molecular formula is C17H18O2. The molecular weight excluding hydrogens is 236 g/mol. The standard InChI is InChI=1S/C17H18O2/c1-12-8-9-16(14(3)18)17(10-12)19-11-15-7-5-4-6-13(15)2/h4-10H,11H2,1-3H3. The zero-order chi connectivity index (χ0) is 13.8. The summed E-state index contributed by atoms with van der Waals surface area (Å²) >= 11 is 0. The van der Waals surface area contributed by atoms with Gasteiger partial charge in [-0.25, -0.2) is 0 Å². The van der Waals surface area contributed by atoms with Crippen LogP contribution in [-0.4, -0.2) is 5.78 Å². The Bertz CT molecular complexity index is 600. The zero-order valence-electron chi connectivity index (χ0n) is 11.6. The number of benzene rings is 2. The number of hydrogen-bond donors (Lipinski definition) is 0. The molecule has 0 saturated heterocycles. The van der Waals surface area contributed by atoms with Gasteiger partial charge in [-0.1, -0.05) is 30.3 Å². The minimum absolute atomic E-state index is 0.0276.